The van der Waals surface area contributed by atoms with Gasteiger partial charge in [0.2, 0.25) is 0 Å². The lowest BCUT2D eigenvalue weighted by molar-refractivity contribution is 0.426. The maximum atomic E-state index is 5.15. The predicted molar refractivity (Wildman–Crippen MR) is 57.3 cm³/mol. The zero-order valence-corrected chi connectivity index (χ0v) is 8.05. The number of allylic oxidation sites excluding steroid dienone is 3. The number of piperidine rings is 1. The van der Waals surface area contributed by atoms with E-state index in [1.54, 1.807) is 0 Å². The molecular formula is C12H17N. The Morgan fingerprint density at radius 1 is 1.54 bits per heavy atom. The van der Waals surface area contributed by atoms with Crippen LogP contribution in [0, 0.1) is 18.3 Å². The molecule has 1 aliphatic rings. The molecule has 1 fully saturated rings. The zero-order chi connectivity index (χ0) is 9.52. The van der Waals surface area contributed by atoms with Crippen molar-refractivity contribution < 1.29 is 0 Å². The molecule has 0 aromatic rings. The molecule has 0 unspecified atom stereocenters. The minimum atomic E-state index is 0.662. The Bertz CT molecular complexity index is 226. The summed E-state index contributed by atoms with van der Waals surface area (Å²) in [6.07, 6.45) is 12.4. The Morgan fingerprint density at radius 2 is 2.23 bits per heavy atom. The van der Waals surface area contributed by atoms with Gasteiger partial charge in [0.15, 0.2) is 0 Å². The fourth-order valence-electron chi connectivity index (χ4n) is 1.61. The summed E-state index contributed by atoms with van der Waals surface area (Å²) in [5.74, 6) is 3.25. The molecule has 13 heavy (non-hydrogen) atoms. The first kappa shape index (κ1) is 10.1. The molecule has 0 saturated carbocycles. The lowest BCUT2D eigenvalue weighted by atomic mass is 9.90. The van der Waals surface area contributed by atoms with Crippen LogP contribution in [0.25, 0.3) is 0 Å². The van der Waals surface area contributed by atoms with Crippen LogP contribution in [0.5, 0.6) is 0 Å². The minimum absolute atomic E-state index is 0.662. The molecule has 70 valence electrons. The smallest absolute Gasteiger partial charge is 0.0270 e. The Hall–Kier alpha value is -1.00. The second-order valence-corrected chi connectivity index (χ2v) is 3.41. The zero-order valence-electron chi connectivity index (χ0n) is 8.05. The van der Waals surface area contributed by atoms with Crippen molar-refractivity contribution in [2.24, 2.45) is 5.92 Å². The first-order valence-corrected chi connectivity index (χ1v) is 4.84. The van der Waals surface area contributed by atoms with Crippen LogP contribution in [0.4, 0.5) is 0 Å². The van der Waals surface area contributed by atoms with Gasteiger partial charge in [-0.25, -0.2) is 0 Å². The van der Waals surface area contributed by atoms with Crippen LogP contribution in [0.15, 0.2) is 24.3 Å². The lowest BCUT2D eigenvalue weighted by Crippen LogP contribution is -2.28. The van der Waals surface area contributed by atoms with E-state index < -0.39 is 0 Å². The molecule has 0 atom stereocenters. The molecule has 0 amide bonds. The molecule has 0 bridgehead atoms. The van der Waals surface area contributed by atoms with E-state index in [0.717, 1.165) is 13.1 Å². The van der Waals surface area contributed by atoms with Gasteiger partial charge in [-0.1, -0.05) is 24.3 Å². The molecular weight excluding hydrogens is 158 g/mol. The average Bonchev–Trinajstić information content (AvgIpc) is 2.19. The molecule has 0 spiro atoms. The third-order valence-electron chi connectivity index (χ3n) is 2.43. The van der Waals surface area contributed by atoms with Gasteiger partial charge in [-0.05, 0) is 31.8 Å². The molecule has 0 radical (unpaired) electrons. The van der Waals surface area contributed by atoms with Gasteiger partial charge in [0.1, 0.15) is 0 Å². The lowest BCUT2D eigenvalue weighted by Gasteiger charge is -2.22. The highest BCUT2D eigenvalue weighted by molar-refractivity contribution is 5.19. The standard InChI is InChI=1S/C12H17N/c1-3-4-5-6-11(2)12-7-9-13-10-8-12/h1,5-6,12-13H,2,4,7-10H2/b6-5-. The SMILES string of the molecule is C#CC/C=C\C(=C)C1CCNCC1. The molecule has 1 saturated heterocycles. The van der Waals surface area contributed by atoms with E-state index in [1.807, 2.05) is 6.08 Å². The van der Waals surface area contributed by atoms with Crippen molar-refractivity contribution in [2.75, 3.05) is 13.1 Å². The van der Waals surface area contributed by atoms with Gasteiger partial charge in [-0.15, -0.1) is 12.3 Å². The number of terminal acetylenes is 1. The summed E-state index contributed by atoms with van der Waals surface area (Å²) in [4.78, 5) is 0. The maximum absolute atomic E-state index is 5.15. The third kappa shape index (κ3) is 3.48. The molecule has 0 aromatic carbocycles. The van der Waals surface area contributed by atoms with Crippen LogP contribution in [-0.4, -0.2) is 13.1 Å². The second-order valence-electron chi connectivity index (χ2n) is 3.41. The summed E-state index contributed by atoms with van der Waals surface area (Å²) in [6.45, 7) is 6.30. The van der Waals surface area contributed by atoms with E-state index in [1.165, 1.54) is 18.4 Å². The number of hydrogen-bond donors (Lipinski definition) is 1. The predicted octanol–water partition coefficient (Wildman–Crippen LogP) is 2.12. The van der Waals surface area contributed by atoms with Crippen molar-refractivity contribution in [2.45, 2.75) is 19.3 Å². The molecule has 1 heteroatoms. The maximum Gasteiger partial charge on any atom is 0.0270 e. The van der Waals surface area contributed by atoms with Gasteiger partial charge in [0, 0.05) is 6.42 Å². The van der Waals surface area contributed by atoms with E-state index in [4.69, 9.17) is 6.42 Å². The largest absolute Gasteiger partial charge is 0.317 e. The van der Waals surface area contributed by atoms with Crippen LogP contribution in [0.3, 0.4) is 0 Å². The van der Waals surface area contributed by atoms with Gasteiger partial charge in [-0.2, -0.15) is 0 Å². The highest BCUT2D eigenvalue weighted by Gasteiger charge is 2.13. The fourth-order valence-corrected chi connectivity index (χ4v) is 1.61. The molecule has 0 aliphatic carbocycles. The normalized spacial score (nSPS) is 18.7. The Kier molecular flexibility index (Phi) is 4.35. The average molecular weight is 175 g/mol. The van der Waals surface area contributed by atoms with E-state index >= 15 is 0 Å². The molecule has 1 aliphatic heterocycles. The highest BCUT2D eigenvalue weighted by atomic mass is 14.9. The van der Waals surface area contributed by atoms with Gasteiger partial charge >= 0.3 is 0 Å². The molecule has 1 nitrogen and oxygen atoms in total. The third-order valence-corrected chi connectivity index (χ3v) is 2.43. The summed E-state index contributed by atoms with van der Waals surface area (Å²) in [5, 5.41) is 3.34. The highest BCUT2D eigenvalue weighted by Crippen LogP contribution is 2.20. The van der Waals surface area contributed by atoms with E-state index in [-0.39, 0.29) is 0 Å². The van der Waals surface area contributed by atoms with Gasteiger partial charge in [0.25, 0.3) is 0 Å². The van der Waals surface area contributed by atoms with Crippen molar-refractivity contribution in [1.82, 2.24) is 5.32 Å². The second kappa shape index (κ2) is 5.61. The first-order valence-electron chi connectivity index (χ1n) is 4.84. The molecule has 1 rings (SSSR count). The number of nitrogens with one attached hydrogen (secondary N) is 1. The Balaban J connectivity index is 2.34. The van der Waals surface area contributed by atoms with E-state index in [0.29, 0.717) is 12.3 Å². The quantitative estimate of drug-likeness (QED) is 0.512. The summed E-state index contributed by atoms with van der Waals surface area (Å²) < 4.78 is 0. The van der Waals surface area contributed by atoms with Crippen LogP contribution < -0.4 is 5.32 Å². The molecule has 1 heterocycles. The van der Waals surface area contributed by atoms with Gasteiger partial charge in [-0.3, -0.25) is 0 Å². The van der Waals surface area contributed by atoms with Crippen LogP contribution in [-0.2, 0) is 0 Å². The number of hydrogen-bond acceptors (Lipinski definition) is 1. The summed E-state index contributed by atoms with van der Waals surface area (Å²) in [6, 6.07) is 0. The van der Waals surface area contributed by atoms with Crippen molar-refractivity contribution in [3.8, 4) is 12.3 Å². The first-order chi connectivity index (χ1) is 6.34. The van der Waals surface area contributed by atoms with Gasteiger partial charge in [0.05, 0.1) is 0 Å². The van der Waals surface area contributed by atoms with Crippen molar-refractivity contribution in [3.05, 3.63) is 24.3 Å². The molecule has 0 aromatic heterocycles. The van der Waals surface area contributed by atoms with Crippen molar-refractivity contribution in [1.29, 1.82) is 0 Å². The summed E-state index contributed by atoms with van der Waals surface area (Å²) in [5.41, 5.74) is 1.23. The minimum Gasteiger partial charge on any atom is -0.317 e. The summed E-state index contributed by atoms with van der Waals surface area (Å²) in [7, 11) is 0. The van der Waals surface area contributed by atoms with Crippen LogP contribution in [0.2, 0.25) is 0 Å². The van der Waals surface area contributed by atoms with Crippen molar-refractivity contribution in [3.63, 3.8) is 0 Å². The Morgan fingerprint density at radius 3 is 2.85 bits per heavy atom. The molecule has 1 N–H and O–H groups in total. The summed E-state index contributed by atoms with van der Waals surface area (Å²) >= 11 is 0. The van der Waals surface area contributed by atoms with Crippen molar-refractivity contribution >= 4 is 0 Å². The van der Waals surface area contributed by atoms with E-state index in [9.17, 15) is 0 Å². The topological polar surface area (TPSA) is 12.0 Å². The Labute approximate surface area is 80.9 Å². The van der Waals surface area contributed by atoms with E-state index in [2.05, 4.69) is 23.9 Å². The number of rotatable bonds is 3. The van der Waals surface area contributed by atoms with Crippen LogP contribution in [0.1, 0.15) is 19.3 Å². The van der Waals surface area contributed by atoms with Gasteiger partial charge < -0.3 is 5.32 Å². The van der Waals surface area contributed by atoms with Crippen LogP contribution >= 0.6 is 0 Å². The monoisotopic (exact) mass is 175 g/mol. The fraction of sp³-hybridized carbons (Fsp3) is 0.500.